The summed E-state index contributed by atoms with van der Waals surface area (Å²) in [6.45, 7) is 1.90. The number of carbonyl (C=O) groups excluding carboxylic acids is 1. The summed E-state index contributed by atoms with van der Waals surface area (Å²) in [5.41, 5.74) is 2.21. The lowest BCUT2D eigenvalue weighted by Gasteiger charge is -2.09. The number of nitrogens with one attached hydrogen (secondary N) is 2. The van der Waals surface area contributed by atoms with E-state index in [1.807, 2.05) is 19.1 Å². The first-order valence-electron chi connectivity index (χ1n) is 7.78. The first-order chi connectivity index (χ1) is 12.8. The minimum atomic E-state index is -0.491. The Morgan fingerprint density at radius 2 is 1.81 bits per heavy atom. The van der Waals surface area contributed by atoms with Crippen molar-refractivity contribution in [3.05, 3.63) is 74.9 Å². The third-order valence-electron chi connectivity index (χ3n) is 3.70. The average Bonchev–Trinajstić information content (AvgIpc) is 3.10. The number of anilines is 1. The van der Waals surface area contributed by atoms with E-state index in [0.29, 0.717) is 32.1 Å². The van der Waals surface area contributed by atoms with Crippen LogP contribution < -0.4 is 10.6 Å². The summed E-state index contributed by atoms with van der Waals surface area (Å²) in [7, 11) is 0. The molecule has 1 aromatic heterocycles. The van der Waals surface area contributed by atoms with Crippen LogP contribution in [0.5, 0.6) is 0 Å². The lowest BCUT2D eigenvalue weighted by Crippen LogP contribution is -2.33. The molecule has 27 heavy (non-hydrogen) atoms. The Labute approximate surface area is 176 Å². The molecule has 0 aliphatic heterocycles. The van der Waals surface area contributed by atoms with Gasteiger partial charge in [-0.05, 0) is 61.1 Å². The van der Waals surface area contributed by atoms with Crippen LogP contribution in [0.4, 0.5) is 5.69 Å². The molecule has 0 fully saturated rings. The third-order valence-corrected chi connectivity index (χ3v) is 5.13. The predicted molar refractivity (Wildman–Crippen MR) is 114 cm³/mol. The van der Waals surface area contributed by atoms with Gasteiger partial charge in [-0.3, -0.25) is 10.1 Å². The van der Waals surface area contributed by atoms with Crippen molar-refractivity contribution in [1.29, 1.82) is 0 Å². The van der Waals surface area contributed by atoms with E-state index in [2.05, 4.69) is 10.6 Å². The monoisotopic (exact) mass is 438 g/mol. The molecular weight excluding hydrogens is 427 g/mol. The maximum atomic E-state index is 12.3. The number of amides is 1. The van der Waals surface area contributed by atoms with Crippen molar-refractivity contribution in [2.75, 3.05) is 5.32 Å². The van der Waals surface area contributed by atoms with Crippen LogP contribution in [0.1, 0.15) is 16.1 Å². The van der Waals surface area contributed by atoms with E-state index >= 15 is 0 Å². The predicted octanol–water partition coefficient (Wildman–Crippen LogP) is 6.34. The Hall–Kier alpha value is -2.05. The van der Waals surface area contributed by atoms with Crippen LogP contribution in [0.25, 0.3) is 11.3 Å². The molecule has 3 rings (SSSR count). The highest BCUT2D eigenvalue weighted by atomic mass is 35.5. The van der Waals surface area contributed by atoms with Gasteiger partial charge in [0.05, 0.1) is 10.0 Å². The minimum Gasteiger partial charge on any atom is -0.451 e. The van der Waals surface area contributed by atoms with Crippen LogP contribution in [0, 0.1) is 6.92 Å². The highest BCUT2D eigenvalue weighted by Crippen LogP contribution is 2.34. The fraction of sp³-hybridized carbons (Fsp3) is 0.0526. The van der Waals surface area contributed by atoms with E-state index in [9.17, 15) is 4.79 Å². The SMILES string of the molecule is Cc1ccc(NC(=S)NC(=O)c2ccc(-c3cccc(Cl)c3Cl)o2)cc1Cl. The van der Waals surface area contributed by atoms with Crippen LogP contribution in [0.2, 0.25) is 15.1 Å². The van der Waals surface area contributed by atoms with Gasteiger partial charge in [0.15, 0.2) is 10.9 Å². The zero-order chi connectivity index (χ0) is 19.6. The first kappa shape index (κ1) is 19.7. The molecule has 0 radical (unpaired) electrons. The van der Waals surface area contributed by atoms with Gasteiger partial charge < -0.3 is 9.73 Å². The molecule has 4 nitrogen and oxygen atoms in total. The Balaban J connectivity index is 1.69. The van der Waals surface area contributed by atoms with E-state index < -0.39 is 5.91 Å². The van der Waals surface area contributed by atoms with Gasteiger partial charge in [0, 0.05) is 16.3 Å². The number of halogens is 3. The van der Waals surface area contributed by atoms with E-state index in [1.165, 1.54) is 6.07 Å². The summed E-state index contributed by atoms with van der Waals surface area (Å²) in [6.07, 6.45) is 0. The van der Waals surface area contributed by atoms with Crippen molar-refractivity contribution in [2.45, 2.75) is 6.92 Å². The summed E-state index contributed by atoms with van der Waals surface area (Å²) in [5.74, 6) is 0.0269. The number of thiocarbonyl (C=S) groups is 1. The normalized spacial score (nSPS) is 10.5. The standard InChI is InChI=1S/C19H13Cl3N2O2S/c1-10-5-6-11(9-14(10)21)23-19(27)24-18(25)16-8-7-15(26-16)12-3-2-4-13(20)17(12)22/h2-9H,1H3,(H2,23,24,25,27). The Bertz CT molecular complexity index is 1030. The molecule has 2 N–H and O–H groups in total. The lowest BCUT2D eigenvalue weighted by molar-refractivity contribution is 0.0951. The van der Waals surface area contributed by atoms with Crippen LogP contribution >= 0.6 is 47.0 Å². The maximum absolute atomic E-state index is 12.3. The number of aryl methyl sites for hydroxylation is 1. The van der Waals surface area contributed by atoms with Crippen molar-refractivity contribution < 1.29 is 9.21 Å². The molecule has 138 valence electrons. The van der Waals surface area contributed by atoms with Crippen molar-refractivity contribution >= 4 is 63.7 Å². The van der Waals surface area contributed by atoms with Crippen molar-refractivity contribution in [2.24, 2.45) is 0 Å². The highest BCUT2D eigenvalue weighted by Gasteiger charge is 2.16. The van der Waals surface area contributed by atoms with Gasteiger partial charge >= 0.3 is 0 Å². The summed E-state index contributed by atoms with van der Waals surface area (Å²) in [5, 5.41) is 6.94. The second-order valence-corrected chi connectivity index (χ2v) is 7.24. The van der Waals surface area contributed by atoms with Gasteiger partial charge in [-0.2, -0.15) is 0 Å². The molecule has 0 saturated carbocycles. The van der Waals surface area contributed by atoms with E-state index in [1.54, 1.807) is 30.3 Å². The van der Waals surface area contributed by atoms with Gasteiger partial charge in [0.1, 0.15) is 5.76 Å². The Morgan fingerprint density at radius 1 is 1.04 bits per heavy atom. The van der Waals surface area contributed by atoms with Crippen LogP contribution in [-0.2, 0) is 0 Å². The number of benzene rings is 2. The molecule has 1 amide bonds. The molecule has 8 heteroatoms. The minimum absolute atomic E-state index is 0.0899. The van der Waals surface area contributed by atoms with Crippen LogP contribution in [0.15, 0.2) is 52.9 Å². The molecular formula is C19H13Cl3N2O2S. The topological polar surface area (TPSA) is 54.3 Å². The fourth-order valence-corrected chi connectivity index (χ4v) is 3.08. The summed E-state index contributed by atoms with van der Waals surface area (Å²) in [4.78, 5) is 12.3. The molecule has 0 aliphatic rings. The molecule has 3 aromatic rings. The second kappa shape index (κ2) is 8.31. The van der Waals surface area contributed by atoms with Gasteiger partial charge in [-0.1, -0.05) is 46.9 Å². The molecule has 2 aromatic carbocycles. The van der Waals surface area contributed by atoms with Gasteiger partial charge in [-0.25, -0.2) is 0 Å². The zero-order valence-corrected chi connectivity index (χ0v) is 17.1. The molecule has 0 unspecified atom stereocenters. The van der Waals surface area contributed by atoms with Crippen LogP contribution in [-0.4, -0.2) is 11.0 Å². The molecule has 0 atom stereocenters. The van der Waals surface area contributed by atoms with Crippen LogP contribution in [0.3, 0.4) is 0 Å². The zero-order valence-electron chi connectivity index (χ0n) is 14.0. The number of furan rings is 1. The summed E-state index contributed by atoms with van der Waals surface area (Å²) < 4.78 is 5.59. The summed E-state index contributed by atoms with van der Waals surface area (Å²) in [6, 6.07) is 13.7. The number of hydrogen-bond donors (Lipinski definition) is 2. The van der Waals surface area contributed by atoms with Crippen molar-refractivity contribution in [3.8, 4) is 11.3 Å². The van der Waals surface area contributed by atoms with Gasteiger partial charge in [0.2, 0.25) is 0 Å². The fourth-order valence-electron chi connectivity index (χ4n) is 2.30. The quantitative estimate of drug-likeness (QED) is 0.467. The van der Waals surface area contributed by atoms with Gasteiger partial charge in [-0.15, -0.1) is 0 Å². The van der Waals surface area contributed by atoms with E-state index in [-0.39, 0.29) is 10.9 Å². The number of carbonyl (C=O) groups is 1. The average molecular weight is 440 g/mol. The molecule has 0 aliphatic carbocycles. The lowest BCUT2D eigenvalue weighted by atomic mass is 10.2. The number of hydrogen-bond acceptors (Lipinski definition) is 3. The van der Waals surface area contributed by atoms with E-state index in [4.69, 9.17) is 51.4 Å². The smallest absolute Gasteiger partial charge is 0.293 e. The Morgan fingerprint density at radius 3 is 2.56 bits per heavy atom. The van der Waals surface area contributed by atoms with Gasteiger partial charge in [0.25, 0.3) is 5.91 Å². The van der Waals surface area contributed by atoms with E-state index in [0.717, 1.165) is 5.56 Å². The number of rotatable bonds is 3. The molecule has 0 bridgehead atoms. The Kier molecular flexibility index (Phi) is 6.07. The third kappa shape index (κ3) is 4.62. The summed E-state index contributed by atoms with van der Waals surface area (Å²) >= 11 is 23.4. The second-order valence-electron chi connectivity index (χ2n) is 5.64. The van der Waals surface area contributed by atoms with Crippen molar-refractivity contribution in [3.63, 3.8) is 0 Å². The maximum Gasteiger partial charge on any atom is 0.293 e. The highest BCUT2D eigenvalue weighted by molar-refractivity contribution is 7.80. The molecule has 0 spiro atoms. The largest absolute Gasteiger partial charge is 0.451 e. The first-order valence-corrected chi connectivity index (χ1v) is 9.32. The molecule has 0 saturated heterocycles. The molecule has 1 heterocycles. The van der Waals surface area contributed by atoms with Crippen molar-refractivity contribution in [1.82, 2.24) is 5.32 Å².